The Morgan fingerprint density at radius 1 is 0.526 bits per heavy atom. The van der Waals surface area contributed by atoms with Gasteiger partial charge in [-0.1, -0.05) is 72.8 Å². The molecule has 0 radical (unpaired) electrons. The molecule has 0 amide bonds. The number of hydrogen-bond acceptors (Lipinski definition) is 0. The zero-order valence-electron chi connectivity index (χ0n) is 10.6. The zero-order valence-corrected chi connectivity index (χ0v) is 10.6. The first kappa shape index (κ1) is 10.6. The molecule has 1 aliphatic carbocycles. The van der Waals surface area contributed by atoms with Crippen molar-refractivity contribution in [3.63, 3.8) is 0 Å². The van der Waals surface area contributed by atoms with Crippen molar-refractivity contribution in [2.45, 2.75) is 6.42 Å². The molecule has 0 N–H and O–H groups in total. The van der Waals surface area contributed by atoms with E-state index in [0.29, 0.717) is 0 Å². The maximum Gasteiger partial charge on any atom is -0.00990 e. The Hall–Kier alpha value is -2.34. The van der Waals surface area contributed by atoms with Crippen LogP contribution in [0.1, 0.15) is 17.5 Å². The summed E-state index contributed by atoms with van der Waals surface area (Å²) in [4.78, 5) is 0. The van der Waals surface area contributed by atoms with E-state index in [1.165, 1.54) is 32.7 Å². The van der Waals surface area contributed by atoms with Crippen LogP contribution in [0.5, 0.6) is 0 Å². The van der Waals surface area contributed by atoms with Crippen LogP contribution in [0.15, 0.2) is 60.7 Å². The Bertz CT molecular complexity index is 764. The minimum absolute atomic E-state index is 1.01. The van der Waals surface area contributed by atoms with E-state index in [4.69, 9.17) is 0 Å². The first-order valence-electron chi connectivity index (χ1n) is 6.72. The molecule has 0 aliphatic heterocycles. The zero-order chi connectivity index (χ0) is 12.7. The molecule has 0 fully saturated rings. The molecule has 3 aromatic rings. The number of rotatable bonds is 0. The number of fused-ring (bicyclic) bond motifs is 6. The highest BCUT2D eigenvalue weighted by Gasteiger charge is 2.10. The molecular weight excluding hydrogens is 228 g/mol. The summed E-state index contributed by atoms with van der Waals surface area (Å²) in [6, 6.07) is 17.4. The molecule has 1 aliphatic rings. The second kappa shape index (κ2) is 4.10. The number of hydrogen-bond donors (Lipinski definition) is 0. The molecule has 0 spiro atoms. The lowest BCUT2D eigenvalue weighted by atomic mass is 9.92. The summed E-state index contributed by atoms with van der Waals surface area (Å²) in [6.07, 6.45) is 10.0. The van der Waals surface area contributed by atoms with Gasteiger partial charge in [0.15, 0.2) is 0 Å². The van der Waals surface area contributed by atoms with Gasteiger partial charge in [0.05, 0.1) is 0 Å². The van der Waals surface area contributed by atoms with E-state index in [1.807, 2.05) is 0 Å². The third kappa shape index (κ3) is 1.53. The average Bonchev–Trinajstić information content (AvgIpc) is 2.73. The summed E-state index contributed by atoms with van der Waals surface area (Å²) in [7, 11) is 0. The highest BCUT2D eigenvalue weighted by Crippen LogP contribution is 2.35. The van der Waals surface area contributed by atoms with Gasteiger partial charge in [-0.05, 0) is 39.1 Å². The lowest BCUT2D eigenvalue weighted by Gasteiger charge is -2.12. The van der Waals surface area contributed by atoms with Crippen molar-refractivity contribution in [3.8, 4) is 0 Å². The Labute approximate surface area is 112 Å². The third-order valence-electron chi connectivity index (χ3n) is 3.86. The summed E-state index contributed by atoms with van der Waals surface area (Å²) in [5, 5.41) is 5.38. The van der Waals surface area contributed by atoms with Crippen LogP contribution in [0, 0.1) is 0 Å². The van der Waals surface area contributed by atoms with Crippen LogP contribution < -0.4 is 0 Å². The Kier molecular flexibility index (Phi) is 2.28. The molecule has 0 heterocycles. The fraction of sp³-hybridized carbons (Fsp3) is 0.0526. The highest BCUT2D eigenvalue weighted by molar-refractivity contribution is 6.14. The van der Waals surface area contributed by atoms with Crippen molar-refractivity contribution in [1.29, 1.82) is 0 Å². The average molecular weight is 242 g/mol. The smallest absolute Gasteiger partial charge is 0.00990 e. The summed E-state index contributed by atoms with van der Waals surface area (Å²) < 4.78 is 0. The quantitative estimate of drug-likeness (QED) is 0.461. The van der Waals surface area contributed by atoms with Crippen molar-refractivity contribution >= 4 is 33.7 Å². The Balaban J connectivity index is 2.33. The van der Waals surface area contributed by atoms with E-state index in [9.17, 15) is 0 Å². The van der Waals surface area contributed by atoms with Gasteiger partial charge >= 0.3 is 0 Å². The maximum atomic E-state index is 2.27. The van der Waals surface area contributed by atoms with Gasteiger partial charge in [0.1, 0.15) is 0 Å². The van der Waals surface area contributed by atoms with E-state index in [1.54, 1.807) is 0 Å². The minimum atomic E-state index is 1.01. The molecular formula is C19H14. The molecule has 4 rings (SSSR count). The molecule has 0 atom stereocenters. The fourth-order valence-corrected chi connectivity index (χ4v) is 3.01. The van der Waals surface area contributed by atoms with E-state index in [2.05, 4.69) is 72.8 Å². The summed E-state index contributed by atoms with van der Waals surface area (Å²) in [5.41, 5.74) is 2.70. The summed E-state index contributed by atoms with van der Waals surface area (Å²) in [5.74, 6) is 0. The first-order valence-corrected chi connectivity index (χ1v) is 6.72. The molecule has 0 aromatic heterocycles. The van der Waals surface area contributed by atoms with Crippen molar-refractivity contribution in [3.05, 3.63) is 71.8 Å². The maximum absolute atomic E-state index is 2.27. The molecule has 0 saturated carbocycles. The van der Waals surface area contributed by atoms with Gasteiger partial charge in [-0.3, -0.25) is 0 Å². The number of benzene rings is 3. The Morgan fingerprint density at radius 2 is 0.947 bits per heavy atom. The van der Waals surface area contributed by atoms with Crippen LogP contribution in [-0.4, -0.2) is 0 Å². The van der Waals surface area contributed by atoms with Crippen LogP contribution >= 0.6 is 0 Å². The molecule has 0 heteroatoms. The summed E-state index contributed by atoms with van der Waals surface area (Å²) in [6.45, 7) is 0. The van der Waals surface area contributed by atoms with Gasteiger partial charge in [-0.15, -0.1) is 0 Å². The Morgan fingerprint density at radius 3 is 1.42 bits per heavy atom. The lowest BCUT2D eigenvalue weighted by Crippen LogP contribution is -1.88. The van der Waals surface area contributed by atoms with Crippen LogP contribution in [0.4, 0.5) is 0 Å². The van der Waals surface area contributed by atoms with Crippen LogP contribution in [-0.2, 0) is 0 Å². The molecule has 19 heavy (non-hydrogen) atoms. The summed E-state index contributed by atoms with van der Waals surface area (Å²) >= 11 is 0. The molecule has 90 valence electrons. The highest BCUT2D eigenvalue weighted by atomic mass is 14.1. The second-order valence-electron chi connectivity index (χ2n) is 4.96. The van der Waals surface area contributed by atoms with Gasteiger partial charge in [0.2, 0.25) is 0 Å². The normalized spacial score (nSPS) is 13.7. The van der Waals surface area contributed by atoms with Crippen LogP contribution in [0.25, 0.3) is 33.7 Å². The van der Waals surface area contributed by atoms with Crippen molar-refractivity contribution in [1.82, 2.24) is 0 Å². The van der Waals surface area contributed by atoms with E-state index < -0.39 is 0 Å². The second-order valence-corrected chi connectivity index (χ2v) is 4.96. The topological polar surface area (TPSA) is 0 Å². The van der Waals surface area contributed by atoms with Gasteiger partial charge in [0, 0.05) is 0 Å². The SMILES string of the molecule is C1=Cc2c(c3ccccc3c3ccccc23)C=CC1. The molecule has 0 unspecified atom stereocenters. The molecule has 0 saturated heterocycles. The van der Waals surface area contributed by atoms with E-state index >= 15 is 0 Å². The van der Waals surface area contributed by atoms with Crippen molar-refractivity contribution in [2.75, 3.05) is 0 Å². The van der Waals surface area contributed by atoms with E-state index in [0.717, 1.165) is 6.42 Å². The molecule has 0 nitrogen and oxygen atoms in total. The molecule has 0 bridgehead atoms. The predicted molar refractivity (Wildman–Crippen MR) is 84.1 cm³/mol. The van der Waals surface area contributed by atoms with Crippen LogP contribution in [0.2, 0.25) is 0 Å². The standard InChI is InChI=1S/C19H14/c1-2-8-14-15(9-3-1)17-11-5-7-13-19(17)18-12-6-4-10-16(14)18/h2-13H,1H2. The first-order chi connectivity index (χ1) is 9.45. The predicted octanol–water partition coefficient (Wildman–Crippen LogP) is 5.42. The van der Waals surface area contributed by atoms with Gasteiger partial charge < -0.3 is 0 Å². The third-order valence-corrected chi connectivity index (χ3v) is 3.86. The lowest BCUT2D eigenvalue weighted by molar-refractivity contribution is 1.44. The van der Waals surface area contributed by atoms with Gasteiger partial charge in [-0.2, -0.15) is 0 Å². The largest absolute Gasteiger partial charge is 0.0801 e. The number of allylic oxidation sites excluding steroid dienone is 2. The van der Waals surface area contributed by atoms with Crippen molar-refractivity contribution in [2.24, 2.45) is 0 Å². The molecule has 3 aromatic carbocycles. The van der Waals surface area contributed by atoms with Crippen molar-refractivity contribution < 1.29 is 0 Å². The van der Waals surface area contributed by atoms with E-state index in [-0.39, 0.29) is 0 Å². The minimum Gasteiger partial charge on any atom is -0.0801 e. The van der Waals surface area contributed by atoms with Gasteiger partial charge in [-0.25, -0.2) is 0 Å². The monoisotopic (exact) mass is 242 g/mol. The van der Waals surface area contributed by atoms with Crippen LogP contribution in [0.3, 0.4) is 0 Å². The fourth-order valence-electron chi connectivity index (χ4n) is 3.01. The van der Waals surface area contributed by atoms with Gasteiger partial charge in [0.25, 0.3) is 0 Å².